The topological polar surface area (TPSA) is 102 Å². The molecule has 1 aromatic carbocycles. The normalized spacial score (nSPS) is 15.1. The number of benzene rings is 1. The molecular weight excluding hydrogens is 418 g/mol. The molecule has 33 heavy (non-hydrogen) atoms. The van der Waals surface area contributed by atoms with Crippen molar-refractivity contribution in [2.45, 2.75) is 6.54 Å². The lowest BCUT2D eigenvalue weighted by Crippen LogP contribution is -2.43. The second-order valence-corrected chi connectivity index (χ2v) is 8.27. The van der Waals surface area contributed by atoms with E-state index < -0.39 is 0 Å². The predicted octanol–water partition coefficient (Wildman–Crippen LogP) is 3.23. The van der Waals surface area contributed by atoms with Crippen molar-refractivity contribution in [1.29, 1.82) is 0 Å². The Morgan fingerprint density at radius 1 is 1.06 bits per heavy atom. The van der Waals surface area contributed by atoms with Gasteiger partial charge in [0.15, 0.2) is 0 Å². The van der Waals surface area contributed by atoms with Crippen LogP contribution < -0.4 is 10.1 Å². The lowest BCUT2D eigenvalue weighted by molar-refractivity contribution is 0.147. The van der Waals surface area contributed by atoms with Gasteiger partial charge < -0.3 is 25.0 Å². The van der Waals surface area contributed by atoms with Crippen LogP contribution in [-0.2, 0) is 6.54 Å². The minimum Gasteiger partial charge on any atom is -0.508 e. The van der Waals surface area contributed by atoms with E-state index in [4.69, 9.17) is 4.74 Å². The molecule has 1 saturated heterocycles. The number of hydrogen-bond donors (Lipinski definition) is 3. The number of nitrogens with one attached hydrogen (secondary N) is 2. The number of aromatic amines is 1. The van der Waals surface area contributed by atoms with Crippen LogP contribution in [0.25, 0.3) is 22.2 Å². The molecule has 3 N–H and O–H groups in total. The van der Waals surface area contributed by atoms with E-state index in [1.54, 1.807) is 19.2 Å². The van der Waals surface area contributed by atoms with Gasteiger partial charge in [-0.25, -0.2) is 0 Å². The smallest absolute Gasteiger partial charge is 0.232 e. The van der Waals surface area contributed by atoms with Gasteiger partial charge in [-0.3, -0.25) is 9.88 Å². The number of pyridine rings is 1. The van der Waals surface area contributed by atoms with Gasteiger partial charge in [-0.2, -0.15) is 9.97 Å². The summed E-state index contributed by atoms with van der Waals surface area (Å²) in [4.78, 5) is 21.8. The first-order valence-corrected chi connectivity index (χ1v) is 10.9. The third kappa shape index (κ3) is 4.59. The standard InChI is InChI=1S/C24H27N7O2/c1-30-9-11-31(12-10-30)15-18-6-5-17(13-25-18)27-24-28-22-21(23(29-24)33-2)20(14-26-22)16-3-7-19(32)8-4-16/h3-8,13-14,32H,9-12,15H2,1-2H3,(H2,26,27,28,29). The second kappa shape index (κ2) is 9.05. The molecule has 1 aliphatic heterocycles. The van der Waals surface area contributed by atoms with E-state index in [1.165, 1.54) is 0 Å². The number of likely N-dealkylation sites (N-methyl/N-ethyl adjacent to an activating group) is 1. The van der Waals surface area contributed by atoms with Gasteiger partial charge in [-0.05, 0) is 36.9 Å². The van der Waals surface area contributed by atoms with Gasteiger partial charge in [0.25, 0.3) is 0 Å². The zero-order chi connectivity index (χ0) is 22.8. The summed E-state index contributed by atoms with van der Waals surface area (Å²) >= 11 is 0. The molecule has 0 spiro atoms. The van der Waals surface area contributed by atoms with Gasteiger partial charge in [0.1, 0.15) is 11.4 Å². The Balaban J connectivity index is 1.34. The van der Waals surface area contributed by atoms with Crippen molar-refractivity contribution in [1.82, 2.24) is 29.7 Å². The molecule has 0 amide bonds. The van der Waals surface area contributed by atoms with Crippen LogP contribution in [0.15, 0.2) is 48.8 Å². The molecule has 0 atom stereocenters. The molecule has 9 nitrogen and oxygen atoms in total. The van der Waals surface area contributed by atoms with Gasteiger partial charge in [-0.1, -0.05) is 12.1 Å². The third-order valence-corrected chi connectivity index (χ3v) is 5.93. The zero-order valence-electron chi connectivity index (χ0n) is 18.7. The number of aromatic hydroxyl groups is 1. The molecule has 1 aliphatic rings. The number of aromatic nitrogens is 4. The first kappa shape index (κ1) is 21.2. The van der Waals surface area contributed by atoms with Gasteiger partial charge in [0, 0.05) is 44.5 Å². The fourth-order valence-electron chi connectivity index (χ4n) is 4.03. The van der Waals surface area contributed by atoms with E-state index in [9.17, 15) is 5.11 Å². The van der Waals surface area contributed by atoms with Crippen LogP contribution in [-0.4, -0.2) is 75.2 Å². The lowest BCUT2D eigenvalue weighted by atomic mass is 10.1. The molecule has 3 aromatic heterocycles. The van der Waals surface area contributed by atoms with Gasteiger partial charge in [-0.15, -0.1) is 0 Å². The number of ether oxygens (including phenoxy) is 1. The Kier molecular flexibility index (Phi) is 5.80. The summed E-state index contributed by atoms with van der Waals surface area (Å²) in [6, 6.07) is 11.0. The number of phenols is 1. The minimum absolute atomic E-state index is 0.219. The van der Waals surface area contributed by atoms with Crippen molar-refractivity contribution in [3.05, 3.63) is 54.5 Å². The van der Waals surface area contributed by atoms with Crippen LogP contribution in [0.5, 0.6) is 11.6 Å². The number of fused-ring (bicyclic) bond motifs is 1. The van der Waals surface area contributed by atoms with Crippen molar-refractivity contribution < 1.29 is 9.84 Å². The van der Waals surface area contributed by atoms with E-state index in [1.807, 2.05) is 36.7 Å². The average molecular weight is 446 g/mol. The molecule has 0 unspecified atom stereocenters. The minimum atomic E-state index is 0.219. The van der Waals surface area contributed by atoms with Crippen LogP contribution in [0.3, 0.4) is 0 Å². The highest BCUT2D eigenvalue weighted by Gasteiger charge is 2.17. The first-order chi connectivity index (χ1) is 16.1. The Hall–Kier alpha value is -3.69. The molecule has 1 fully saturated rings. The maximum absolute atomic E-state index is 9.58. The van der Waals surface area contributed by atoms with Crippen molar-refractivity contribution in [2.24, 2.45) is 0 Å². The third-order valence-electron chi connectivity index (χ3n) is 5.93. The highest BCUT2D eigenvalue weighted by Crippen LogP contribution is 2.35. The summed E-state index contributed by atoms with van der Waals surface area (Å²) in [5.41, 5.74) is 4.35. The summed E-state index contributed by atoms with van der Waals surface area (Å²) in [7, 11) is 3.75. The number of piperazine rings is 1. The highest BCUT2D eigenvalue weighted by molar-refractivity contribution is 5.97. The molecule has 0 radical (unpaired) electrons. The fraction of sp³-hybridized carbons (Fsp3) is 0.292. The number of methoxy groups -OCH3 is 1. The van der Waals surface area contributed by atoms with E-state index in [2.05, 4.69) is 42.1 Å². The molecule has 9 heteroatoms. The SMILES string of the molecule is COc1nc(Nc2ccc(CN3CCN(C)CC3)nc2)nc2[nH]cc(-c3ccc(O)cc3)c12. The Morgan fingerprint density at radius 2 is 1.85 bits per heavy atom. The first-order valence-electron chi connectivity index (χ1n) is 10.9. The monoisotopic (exact) mass is 445 g/mol. The maximum atomic E-state index is 9.58. The van der Waals surface area contributed by atoms with E-state index in [0.717, 1.165) is 60.6 Å². The van der Waals surface area contributed by atoms with Crippen LogP contribution in [0, 0.1) is 0 Å². The molecule has 4 aromatic rings. The largest absolute Gasteiger partial charge is 0.508 e. The number of anilines is 2. The van der Waals surface area contributed by atoms with Gasteiger partial charge in [0.2, 0.25) is 11.8 Å². The number of rotatable bonds is 6. The lowest BCUT2D eigenvalue weighted by Gasteiger charge is -2.32. The van der Waals surface area contributed by atoms with Gasteiger partial charge >= 0.3 is 0 Å². The molecule has 0 aliphatic carbocycles. The summed E-state index contributed by atoms with van der Waals surface area (Å²) < 4.78 is 5.58. The Bertz CT molecular complexity index is 1230. The van der Waals surface area contributed by atoms with E-state index in [0.29, 0.717) is 17.5 Å². The fourth-order valence-corrected chi connectivity index (χ4v) is 4.03. The molecule has 5 rings (SSSR count). The van der Waals surface area contributed by atoms with E-state index in [-0.39, 0.29) is 5.75 Å². The molecule has 4 heterocycles. The van der Waals surface area contributed by atoms with Gasteiger partial charge in [0.05, 0.1) is 30.1 Å². The zero-order valence-corrected chi connectivity index (χ0v) is 18.7. The van der Waals surface area contributed by atoms with Crippen molar-refractivity contribution in [2.75, 3.05) is 45.7 Å². The number of H-pyrrole nitrogens is 1. The van der Waals surface area contributed by atoms with E-state index >= 15 is 0 Å². The van der Waals surface area contributed by atoms with Crippen molar-refractivity contribution in [3.8, 4) is 22.8 Å². The molecule has 170 valence electrons. The van der Waals surface area contributed by atoms with Crippen LogP contribution in [0.1, 0.15) is 5.69 Å². The van der Waals surface area contributed by atoms with Crippen LogP contribution >= 0.6 is 0 Å². The van der Waals surface area contributed by atoms with Crippen molar-refractivity contribution in [3.63, 3.8) is 0 Å². The highest BCUT2D eigenvalue weighted by atomic mass is 16.5. The maximum Gasteiger partial charge on any atom is 0.232 e. The molecule has 0 saturated carbocycles. The summed E-state index contributed by atoms with van der Waals surface area (Å²) in [5, 5.41) is 13.6. The van der Waals surface area contributed by atoms with Crippen molar-refractivity contribution >= 4 is 22.7 Å². The molecular formula is C24H27N7O2. The number of phenolic OH excluding ortho intramolecular Hbond substituents is 1. The summed E-state index contributed by atoms with van der Waals surface area (Å²) in [6.07, 6.45) is 3.68. The average Bonchev–Trinajstić information content (AvgIpc) is 3.26. The Morgan fingerprint density at radius 3 is 2.55 bits per heavy atom. The van der Waals surface area contributed by atoms with Crippen LogP contribution in [0.2, 0.25) is 0 Å². The summed E-state index contributed by atoms with van der Waals surface area (Å²) in [5.74, 6) is 1.11. The number of nitrogens with zero attached hydrogens (tertiary/aromatic N) is 5. The molecule has 0 bridgehead atoms. The number of hydrogen-bond acceptors (Lipinski definition) is 8. The predicted molar refractivity (Wildman–Crippen MR) is 128 cm³/mol. The summed E-state index contributed by atoms with van der Waals surface area (Å²) in [6.45, 7) is 5.16. The quantitative estimate of drug-likeness (QED) is 0.416. The second-order valence-electron chi connectivity index (χ2n) is 8.27. The Labute approximate surface area is 192 Å². The van der Waals surface area contributed by atoms with Crippen LogP contribution in [0.4, 0.5) is 11.6 Å².